The fraction of sp³-hybridized carbons (Fsp3) is 0.364. The maximum Gasteiger partial charge on any atom is 0.220 e. The predicted octanol–water partition coefficient (Wildman–Crippen LogP) is 0.873. The summed E-state index contributed by atoms with van der Waals surface area (Å²) in [4.78, 5) is 10.8. The van der Waals surface area contributed by atoms with Crippen molar-refractivity contribution in [3.05, 3.63) is 29.8 Å². The van der Waals surface area contributed by atoms with E-state index < -0.39 is 0 Å². The largest absolute Gasteiger partial charge is 0.382 e. The van der Waals surface area contributed by atoms with Gasteiger partial charge in [0.1, 0.15) is 0 Å². The molecule has 1 amide bonds. The third-order valence-corrected chi connectivity index (χ3v) is 2.44. The number of nitrogens with one attached hydrogen (secondary N) is 1. The van der Waals surface area contributed by atoms with Crippen LogP contribution in [0.15, 0.2) is 24.3 Å². The average Bonchev–Trinajstić information content (AvgIpc) is 2.41. The zero-order valence-electron chi connectivity index (χ0n) is 8.40. The first-order valence-electron chi connectivity index (χ1n) is 4.97. The molecule has 1 aliphatic rings. The molecule has 1 aromatic rings. The number of carbonyl (C=O) groups is 1. The molecule has 0 spiro atoms. The molecule has 0 radical (unpaired) electrons. The highest BCUT2D eigenvalue weighted by Gasteiger charge is 2.17. The van der Waals surface area contributed by atoms with Gasteiger partial charge in [0, 0.05) is 17.8 Å². The number of rotatable bonds is 2. The summed E-state index contributed by atoms with van der Waals surface area (Å²) in [6, 6.07) is 7.96. The first-order valence-corrected chi connectivity index (χ1v) is 4.97. The Morgan fingerprint density at radius 2 is 2.33 bits per heavy atom. The highest BCUT2D eigenvalue weighted by Crippen LogP contribution is 2.20. The molecule has 1 aromatic carbocycles. The van der Waals surface area contributed by atoms with Crippen molar-refractivity contribution in [2.24, 2.45) is 5.73 Å². The molecule has 1 aliphatic heterocycles. The minimum Gasteiger partial charge on any atom is -0.382 e. The Kier molecular flexibility index (Phi) is 2.87. The Balaban J connectivity index is 2.05. The van der Waals surface area contributed by atoms with Crippen LogP contribution in [0.5, 0.6) is 0 Å². The molecule has 2 rings (SSSR count). The van der Waals surface area contributed by atoms with E-state index in [-0.39, 0.29) is 18.4 Å². The van der Waals surface area contributed by atoms with Gasteiger partial charge in [0.2, 0.25) is 5.91 Å². The zero-order valence-corrected chi connectivity index (χ0v) is 8.40. The van der Waals surface area contributed by atoms with Crippen LogP contribution in [0.4, 0.5) is 5.69 Å². The van der Waals surface area contributed by atoms with Gasteiger partial charge in [-0.15, -0.1) is 0 Å². The topological polar surface area (TPSA) is 64.4 Å². The SMILES string of the molecule is NC(=O)CC1CNc2ccccc2CO1. The molecule has 1 atom stereocenters. The Hall–Kier alpha value is -1.55. The number of carbonyl (C=O) groups excluding carboxylic acids is 1. The molecule has 0 saturated carbocycles. The first kappa shape index (κ1) is 9.98. The Morgan fingerprint density at radius 3 is 3.13 bits per heavy atom. The summed E-state index contributed by atoms with van der Waals surface area (Å²) in [7, 11) is 0. The number of ether oxygens (including phenoxy) is 1. The third kappa shape index (κ3) is 2.47. The van der Waals surface area contributed by atoms with E-state index in [2.05, 4.69) is 5.32 Å². The molecule has 3 N–H and O–H groups in total. The van der Waals surface area contributed by atoms with Crippen molar-refractivity contribution in [3.63, 3.8) is 0 Å². The highest BCUT2D eigenvalue weighted by molar-refractivity contribution is 5.74. The number of fused-ring (bicyclic) bond motifs is 1. The lowest BCUT2D eigenvalue weighted by Gasteiger charge is -2.12. The lowest BCUT2D eigenvalue weighted by molar-refractivity contribution is -0.120. The summed E-state index contributed by atoms with van der Waals surface area (Å²) in [6.45, 7) is 1.15. The summed E-state index contributed by atoms with van der Waals surface area (Å²) < 4.78 is 5.58. The van der Waals surface area contributed by atoms with Gasteiger partial charge >= 0.3 is 0 Å². The van der Waals surface area contributed by atoms with Gasteiger partial charge in [-0.3, -0.25) is 4.79 Å². The van der Waals surface area contributed by atoms with Crippen molar-refractivity contribution in [1.29, 1.82) is 0 Å². The van der Waals surface area contributed by atoms with Crippen molar-refractivity contribution in [1.82, 2.24) is 0 Å². The first-order chi connectivity index (χ1) is 7.25. The molecular weight excluding hydrogens is 192 g/mol. The van der Waals surface area contributed by atoms with Crippen LogP contribution in [0, 0.1) is 0 Å². The number of para-hydroxylation sites is 1. The Labute approximate surface area is 88.4 Å². The fourth-order valence-corrected chi connectivity index (χ4v) is 1.66. The van der Waals surface area contributed by atoms with E-state index in [0.29, 0.717) is 13.2 Å². The zero-order chi connectivity index (χ0) is 10.7. The van der Waals surface area contributed by atoms with Gasteiger partial charge in [-0.05, 0) is 6.07 Å². The molecule has 15 heavy (non-hydrogen) atoms. The number of amides is 1. The second-order valence-electron chi connectivity index (χ2n) is 3.64. The van der Waals surface area contributed by atoms with E-state index in [9.17, 15) is 4.79 Å². The summed E-state index contributed by atoms with van der Waals surface area (Å²) >= 11 is 0. The molecule has 0 saturated heterocycles. The van der Waals surface area contributed by atoms with Crippen molar-refractivity contribution >= 4 is 11.6 Å². The van der Waals surface area contributed by atoms with Crippen LogP contribution in [0.1, 0.15) is 12.0 Å². The predicted molar refractivity (Wildman–Crippen MR) is 57.3 cm³/mol. The van der Waals surface area contributed by atoms with Crippen LogP contribution < -0.4 is 11.1 Å². The number of nitrogens with two attached hydrogens (primary N) is 1. The molecule has 0 bridgehead atoms. The molecule has 0 aliphatic carbocycles. The monoisotopic (exact) mass is 206 g/mol. The minimum atomic E-state index is -0.326. The molecule has 4 heteroatoms. The van der Waals surface area contributed by atoms with Gasteiger partial charge in [-0.1, -0.05) is 18.2 Å². The van der Waals surface area contributed by atoms with Gasteiger partial charge in [0.25, 0.3) is 0 Å². The van der Waals surface area contributed by atoms with Crippen LogP contribution in [-0.4, -0.2) is 18.6 Å². The number of anilines is 1. The molecule has 0 aromatic heterocycles. The van der Waals surface area contributed by atoms with Crippen molar-refractivity contribution < 1.29 is 9.53 Å². The molecule has 4 nitrogen and oxygen atoms in total. The minimum absolute atomic E-state index is 0.130. The van der Waals surface area contributed by atoms with Gasteiger partial charge < -0.3 is 15.8 Å². The van der Waals surface area contributed by atoms with Gasteiger partial charge in [0.15, 0.2) is 0 Å². The van der Waals surface area contributed by atoms with Crippen molar-refractivity contribution in [3.8, 4) is 0 Å². The lowest BCUT2D eigenvalue weighted by atomic mass is 10.2. The number of hydrogen-bond acceptors (Lipinski definition) is 3. The van der Waals surface area contributed by atoms with Crippen molar-refractivity contribution in [2.75, 3.05) is 11.9 Å². The average molecular weight is 206 g/mol. The molecule has 1 unspecified atom stereocenters. The van der Waals surface area contributed by atoms with E-state index in [4.69, 9.17) is 10.5 Å². The van der Waals surface area contributed by atoms with E-state index >= 15 is 0 Å². The van der Waals surface area contributed by atoms with E-state index in [1.165, 1.54) is 0 Å². The molecule has 0 fully saturated rings. The number of hydrogen-bond donors (Lipinski definition) is 2. The van der Waals surface area contributed by atoms with E-state index in [1.54, 1.807) is 0 Å². The summed E-state index contributed by atoms with van der Waals surface area (Å²) in [5.74, 6) is -0.326. The smallest absolute Gasteiger partial charge is 0.220 e. The quantitative estimate of drug-likeness (QED) is 0.754. The Bertz CT molecular complexity index is 338. The van der Waals surface area contributed by atoms with Gasteiger partial charge in [0.05, 0.1) is 19.1 Å². The summed E-state index contributed by atoms with van der Waals surface area (Å²) in [6.07, 6.45) is 0.135. The van der Waals surface area contributed by atoms with Crippen LogP contribution in [0.25, 0.3) is 0 Å². The maximum absolute atomic E-state index is 10.8. The van der Waals surface area contributed by atoms with Gasteiger partial charge in [-0.25, -0.2) is 0 Å². The van der Waals surface area contributed by atoms with Crippen LogP contribution in [0.3, 0.4) is 0 Å². The second-order valence-corrected chi connectivity index (χ2v) is 3.64. The normalized spacial score (nSPS) is 19.9. The van der Waals surface area contributed by atoms with Crippen LogP contribution in [-0.2, 0) is 16.1 Å². The van der Waals surface area contributed by atoms with Crippen LogP contribution >= 0.6 is 0 Å². The molecule has 1 heterocycles. The van der Waals surface area contributed by atoms with E-state index in [1.807, 2.05) is 24.3 Å². The van der Waals surface area contributed by atoms with Crippen molar-refractivity contribution in [2.45, 2.75) is 19.1 Å². The molecule has 80 valence electrons. The standard InChI is InChI=1S/C11H14N2O2/c12-11(14)5-9-6-13-10-4-2-1-3-8(10)7-15-9/h1-4,9,13H,5-7H2,(H2,12,14). The Morgan fingerprint density at radius 1 is 1.53 bits per heavy atom. The summed E-state index contributed by atoms with van der Waals surface area (Å²) in [5, 5.41) is 3.25. The maximum atomic E-state index is 10.8. The summed E-state index contributed by atoms with van der Waals surface area (Å²) in [5.41, 5.74) is 7.32. The number of benzene rings is 1. The van der Waals surface area contributed by atoms with Gasteiger partial charge in [-0.2, -0.15) is 0 Å². The number of primary amides is 1. The molecular formula is C11H14N2O2. The highest BCUT2D eigenvalue weighted by atomic mass is 16.5. The lowest BCUT2D eigenvalue weighted by Crippen LogP contribution is -2.27. The van der Waals surface area contributed by atoms with Crippen LogP contribution in [0.2, 0.25) is 0 Å². The van der Waals surface area contributed by atoms with E-state index in [0.717, 1.165) is 11.3 Å². The fourth-order valence-electron chi connectivity index (χ4n) is 1.66. The second kappa shape index (κ2) is 4.31. The third-order valence-electron chi connectivity index (χ3n) is 2.44.